The number of aliphatic hydroxyl groups is 1. The maximum Gasteiger partial charge on any atom is 0.248 e. The van der Waals surface area contributed by atoms with Crippen LogP contribution in [0.3, 0.4) is 0 Å². The lowest BCUT2D eigenvalue weighted by Crippen LogP contribution is -2.33. The predicted octanol–water partition coefficient (Wildman–Crippen LogP) is 0.700. The fourth-order valence-electron chi connectivity index (χ4n) is 1.68. The van der Waals surface area contributed by atoms with E-state index >= 15 is 0 Å². The van der Waals surface area contributed by atoms with Crippen LogP contribution in [0.25, 0.3) is 0 Å². The van der Waals surface area contributed by atoms with Gasteiger partial charge in [0.2, 0.25) is 11.8 Å². The van der Waals surface area contributed by atoms with Gasteiger partial charge in [-0.05, 0) is 12.5 Å². The molecule has 106 valence electrons. The smallest absolute Gasteiger partial charge is 0.248 e. The molecule has 1 heterocycles. The van der Waals surface area contributed by atoms with Gasteiger partial charge >= 0.3 is 0 Å². The predicted molar refractivity (Wildman–Crippen MR) is 71.9 cm³/mol. The van der Waals surface area contributed by atoms with Crippen LogP contribution in [0.1, 0.15) is 24.2 Å². The van der Waals surface area contributed by atoms with Crippen LogP contribution in [-0.2, 0) is 17.6 Å². The minimum Gasteiger partial charge on any atom is -0.384 e. The maximum absolute atomic E-state index is 11.2. The van der Waals surface area contributed by atoms with E-state index in [-0.39, 0.29) is 0 Å². The Hall–Kier alpha value is -2.21. The van der Waals surface area contributed by atoms with Crippen molar-refractivity contribution in [1.29, 1.82) is 0 Å². The third-order valence-electron chi connectivity index (χ3n) is 2.73. The van der Waals surface area contributed by atoms with Crippen LogP contribution in [0.15, 0.2) is 34.9 Å². The van der Waals surface area contributed by atoms with E-state index in [0.29, 0.717) is 31.1 Å². The second-order valence-corrected chi connectivity index (χ2v) is 4.48. The maximum atomic E-state index is 11.2. The zero-order chi connectivity index (χ0) is 14.4. The molecule has 6 heteroatoms. The summed E-state index contributed by atoms with van der Waals surface area (Å²) in [6, 6.07) is 9.87. The molecular weight excluding hydrogens is 258 g/mol. The van der Waals surface area contributed by atoms with Gasteiger partial charge in [0.1, 0.15) is 6.10 Å². The Balaban J connectivity index is 1.82. The Bertz CT molecular complexity index is 552. The average molecular weight is 275 g/mol. The molecule has 0 saturated carbocycles. The summed E-state index contributed by atoms with van der Waals surface area (Å²) < 4.78 is 5.10. The van der Waals surface area contributed by atoms with Gasteiger partial charge in [0.15, 0.2) is 5.82 Å². The summed E-state index contributed by atoms with van der Waals surface area (Å²) in [5.74, 6) is 0.684. The van der Waals surface area contributed by atoms with Crippen molar-refractivity contribution < 1.29 is 14.4 Å². The highest BCUT2D eigenvalue weighted by molar-refractivity contribution is 5.79. The van der Waals surface area contributed by atoms with E-state index in [9.17, 15) is 4.79 Å². The summed E-state index contributed by atoms with van der Waals surface area (Å²) in [5, 5.41) is 15.5. The van der Waals surface area contributed by atoms with Crippen LogP contribution in [0, 0.1) is 0 Å². The molecule has 1 amide bonds. The number of carbonyl (C=O) groups excluding carboxylic acids is 1. The molecule has 6 nitrogen and oxygen atoms in total. The van der Waals surface area contributed by atoms with E-state index in [1.54, 1.807) is 0 Å². The molecule has 0 spiro atoms. The average Bonchev–Trinajstić information content (AvgIpc) is 2.87. The molecule has 0 bridgehead atoms. The van der Waals surface area contributed by atoms with E-state index in [2.05, 4.69) is 15.5 Å². The Morgan fingerprint density at radius 2 is 2.15 bits per heavy atom. The van der Waals surface area contributed by atoms with E-state index in [1.807, 2.05) is 30.3 Å². The van der Waals surface area contributed by atoms with E-state index in [1.165, 1.54) is 6.92 Å². The van der Waals surface area contributed by atoms with Crippen molar-refractivity contribution in [3.8, 4) is 0 Å². The third kappa shape index (κ3) is 4.17. The van der Waals surface area contributed by atoms with Gasteiger partial charge in [-0.2, -0.15) is 4.98 Å². The zero-order valence-electron chi connectivity index (χ0n) is 11.2. The fourth-order valence-corrected chi connectivity index (χ4v) is 1.68. The largest absolute Gasteiger partial charge is 0.384 e. The molecule has 0 unspecified atom stereocenters. The normalized spacial score (nSPS) is 12.1. The molecule has 20 heavy (non-hydrogen) atoms. The Morgan fingerprint density at radius 1 is 1.40 bits per heavy atom. The van der Waals surface area contributed by atoms with Gasteiger partial charge in [-0.1, -0.05) is 35.5 Å². The highest BCUT2D eigenvalue weighted by Gasteiger charge is 2.10. The number of rotatable bonds is 6. The third-order valence-corrected chi connectivity index (χ3v) is 2.73. The quantitative estimate of drug-likeness (QED) is 0.810. The highest BCUT2D eigenvalue weighted by Crippen LogP contribution is 2.06. The minimum atomic E-state index is -1.01. The summed E-state index contributed by atoms with van der Waals surface area (Å²) >= 11 is 0. The van der Waals surface area contributed by atoms with Gasteiger partial charge in [0, 0.05) is 19.4 Å². The molecule has 1 atom stereocenters. The van der Waals surface area contributed by atoms with Crippen LogP contribution in [-0.4, -0.2) is 33.8 Å². The molecule has 0 saturated heterocycles. The van der Waals surface area contributed by atoms with Gasteiger partial charge < -0.3 is 14.9 Å². The van der Waals surface area contributed by atoms with Crippen LogP contribution in [0.5, 0.6) is 0 Å². The summed E-state index contributed by atoms with van der Waals surface area (Å²) in [6.45, 7) is 1.77. The highest BCUT2D eigenvalue weighted by atomic mass is 16.5. The first-order chi connectivity index (χ1) is 9.65. The minimum absolute atomic E-state index is 0.358. The number of carbonyl (C=O) groups is 1. The lowest BCUT2D eigenvalue weighted by Gasteiger charge is -2.04. The second-order valence-electron chi connectivity index (χ2n) is 4.48. The van der Waals surface area contributed by atoms with Crippen molar-refractivity contribution in [3.63, 3.8) is 0 Å². The molecule has 0 aliphatic rings. The van der Waals surface area contributed by atoms with Crippen LogP contribution in [0.4, 0.5) is 0 Å². The Morgan fingerprint density at radius 3 is 2.85 bits per heavy atom. The van der Waals surface area contributed by atoms with Crippen molar-refractivity contribution >= 4 is 5.91 Å². The number of nitrogens with zero attached hydrogens (tertiary/aromatic N) is 2. The molecule has 0 aliphatic carbocycles. The van der Waals surface area contributed by atoms with Crippen molar-refractivity contribution in [2.45, 2.75) is 25.9 Å². The number of benzene rings is 1. The Labute approximate surface area is 116 Å². The lowest BCUT2D eigenvalue weighted by molar-refractivity contribution is -0.128. The number of aliphatic hydroxyl groups excluding tert-OH is 1. The molecule has 1 aromatic heterocycles. The first-order valence-electron chi connectivity index (χ1n) is 6.46. The molecule has 2 rings (SSSR count). The summed E-state index contributed by atoms with van der Waals surface area (Å²) in [4.78, 5) is 15.4. The number of amides is 1. The first-order valence-corrected chi connectivity index (χ1v) is 6.46. The summed E-state index contributed by atoms with van der Waals surface area (Å²) in [6.07, 6.45) is 0.0521. The van der Waals surface area contributed by atoms with Crippen molar-refractivity contribution in [3.05, 3.63) is 47.6 Å². The Kier molecular flexibility index (Phi) is 4.84. The van der Waals surface area contributed by atoms with Gasteiger partial charge in [0.25, 0.3) is 0 Å². The monoisotopic (exact) mass is 275 g/mol. The van der Waals surface area contributed by atoms with Gasteiger partial charge in [0.05, 0.1) is 0 Å². The molecule has 0 fully saturated rings. The van der Waals surface area contributed by atoms with E-state index in [0.717, 1.165) is 5.56 Å². The molecule has 0 aliphatic heterocycles. The van der Waals surface area contributed by atoms with Crippen molar-refractivity contribution in [2.75, 3.05) is 6.54 Å². The number of hydrogen-bond donors (Lipinski definition) is 2. The molecular formula is C14H17N3O3. The molecule has 1 aromatic carbocycles. The summed E-state index contributed by atoms with van der Waals surface area (Å²) in [5.41, 5.74) is 1.11. The number of hydrogen-bond acceptors (Lipinski definition) is 5. The van der Waals surface area contributed by atoms with Gasteiger partial charge in [-0.3, -0.25) is 4.79 Å². The molecule has 0 radical (unpaired) electrons. The molecule has 2 N–H and O–H groups in total. The van der Waals surface area contributed by atoms with Crippen LogP contribution >= 0.6 is 0 Å². The van der Waals surface area contributed by atoms with E-state index < -0.39 is 12.0 Å². The number of nitrogens with one attached hydrogen (secondary N) is 1. The summed E-state index contributed by atoms with van der Waals surface area (Å²) in [7, 11) is 0. The lowest BCUT2D eigenvalue weighted by atomic mass is 10.1. The van der Waals surface area contributed by atoms with Crippen LogP contribution < -0.4 is 5.32 Å². The zero-order valence-corrected chi connectivity index (χ0v) is 11.2. The SMILES string of the molecule is C[C@@H](O)C(=O)NCCc1nc(Cc2ccccc2)no1. The standard InChI is InChI=1S/C14H17N3O3/c1-10(18)14(19)15-8-7-13-16-12(17-20-13)9-11-5-3-2-4-6-11/h2-6,10,18H,7-9H2,1H3,(H,15,19)/t10-/m1/s1. The van der Waals surface area contributed by atoms with E-state index in [4.69, 9.17) is 9.63 Å². The number of aromatic nitrogens is 2. The second kappa shape index (κ2) is 6.81. The molecule has 2 aromatic rings. The van der Waals surface area contributed by atoms with Gasteiger partial charge in [-0.25, -0.2) is 0 Å². The fraction of sp³-hybridized carbons (Fsp3) is 0.357. The van der Waals surface area contributed by atoms with Crippen LogP contribution in [0.2, 0.25) is 0 Å². The van der Waals surface area contributed by atoms with Crippen molar-refractivity contribution in [2.24, 2.45) is 0 Å². The van der Waals surface area contributed by atoms with Gasteiger partial charge in [-0.15, -0.1) is 0 Å². The van der Waals surface area contributed by atoms with Crippen molar-refractivity contribution in [1.82, 2.24) is 15.5 Å². The topological polar surface area (TPSA) is 88.2 Å². The first kappa shape index (κ1) is 14.2.